The number of benzene rings is 1. The monoisotopic (exact) mass is 248 g/mol. The van der Waals surface area contributed by atoms with Crippen LogP contribution >= 0.6 is 24.0 Å². The fourth-order valence-corrected chi connectivity index (χ4v) is 1.78. The van der Waals surface area contributed by atoms with Crippen molar-refractivity contribution in [3.63, 3.8) is 0 Å². The third-order valence-electron chi connectivity index (χ3n) is 2.35. The number of hydrogen-bond donors (Lipinski definition) is 2. The minimum absolute atomic E-state index is 0. The van der Waals surface area contributed by atoms with Gasteiger partial charge in [-0.25, -0.2) is 0 Å². The molecule has 0 radical (unpaired) electrons. The van der Waals surface area contributed by atoms with Crippen LogP contribution in [-0.4, -0.2) is 6.54 Å². The minimum atomic E-state index is 0. The summed E-state index contributed by atoms with van der Waals surface area (Å²) in [5, 5.41) is 0.761. The second kappa shape index (κ2) is 7.07. The van der Waals surface area contributed by atoms with Gasteiger partial charge in [0.1, 0.15) is 0 Å². The molecule has 4 N–H and O–H groups in total. The van der Waals surface area contributed by atoms with Gasteiger partial charge in [-0.2, -0.15) is 0 Å². The maximum atomic E-state index is 6.03. The second-order valence-electron chi connectivity index (χ2n) is 3.54. The molecule has 0 saturated carbocycles. The molecule has 0 saturated heterocycles. The van der Waals surface area contributed by atoms with E-state index in [-0.39, 0.29) is 18.4 Å². The highest BCUT2D eigenvalue weighted by atomic mass is 35.5. The number of aryl methyl sites for hydroxylation is 1. The standard InChI is InChI=1S/C11H17ClN2.ClH/c1-8-7-9(12)4-5-10(8)11(14)3-2-6-13;/h4-5,7,11H,2-3,6,13-14H2,1H3;1H/t11-;/m1./s1. The van der Waals surface area contributed by atoms with E-state index in [1.54, 1.807) is 0 Å². The third kappa shape index (κ3) is 4.39. The first-order chi connectivity index (χ1) is 6.65. The van der Waals surface area contributed by atoms with Crippen LogP contribution in [0, 0.1) is 6.92 Å². The molecule has 0 heterocycles. The van der Waals surface area contributed by atoms with E-state index in [4.69, 9.17) is 23.1 Å². The highest BCUT2D eigenvalue weighted by Gasteiger charge is 2.08. The summed E-state index contributed by atoms with van der Waals surface area (Å²) in [7, 11) is 0. The van der Waals surface area contributed by atoms with Gasteiger partial charge in [-0.1, -0.05) is 17.7 Å². The van der Waals surface area contributed by atoms with E-state index in [2.05, 4.69) is 0 Å². The van der Waals surface area contributed by atoms with Crippen LogP contribution in [0.25, 0.3) is 0 Å². The van der Waals surface area contributed by atoms with Gasteiger partial charge in [-0.15, -0.1) is 12.4 Å². The van der Waals surface area contributed by atoms with E-state index in [9.17, 15) is 0 Å². The van der Waals surface area contributed by atoms with Crippen LogP contribution < -0.4 is 11.5 Å². The summed E-state index contributed by atoms with van der Waals surface area (Å²) in [6.07, 6.45) is 1.89. The summed E-state index contributed by atoms with van der Waals surface area (Å²) in [6.45, 7) is 2.73. The lowest BCUT2D eigenvalue weighted by atomic mass is 9.98. The molecular formula is C11H18Cl2N2. The average Bonchev–Trinajstić information content (AvgIpc) is 2.14. The molecule has 0 aliphatic rings. The molecule has 2 nitrogen and oxygen atoms in total. The summed E-state index contributed by atoms with van der Waals surface area (Å²) in [4.78, 5) is 0. The second-order valence-corrected chi connectivity index (χ2v) is 3.97. The van der Waals surface area contributed by atoms with Crippen molar-refractivity contribution < 1.29 is 0 Å². The van der Waals surface area contributed by atoms with E-state index in [0.29, 0.717) is 6.54 Å². The topological polar surface area (TPSA) is 52.0 Å². The molecule has 1 aromatic rings. The van der Waals surface area contributed by atoms with E-state index in [1.165, 1.54) is 5.56 Å². The number of rotatable bonds is 4. The summed E-state index contributed by atoms with van der Waals surface area (Å²) in [5.74, 6) is 0. The Morgan fingerprint density at radius 1 is 1.40 bits per heavy atom. The van der Waals surface area contributed by atoms with Gasteiger partial charge in [-0.05, 0) is 49.6 Å². The SMILES string of the molecule is Cc1cc(Cl)ccc1[C@H](N)CCCN.Cl. The third-order valence-corrected chi connectivity index (χ3v) is 2.59. The smallest absolute Gasteiger partial charge is 0.0408 e. The van der Waals surface area contributed by atoms with Gasteiger partial charge in [-0.3, -0.25) is 0 Å². The van der Waals surface area contributed by atoms with E-state index in [1.807, 2.05) is 25.1 Å². The van der Waals surface area contributed by atoms with Crippen molar-refractivity contribution in [1.82, 2.24) is 0 Å². The molecule has 1 aromatic carbocycles. The van der Waals surface area contributed by atoms with E-state index in [0.717, 1.165) is 23.4 Å². The Balaban J connectivity index is 0.00000196. The Morgan fingerprint density at radius 2 is 2.07 bits per heavy atom. The molecule has 0 fully saturated rings. The number of halogens is 2. The number of nitrogens with two attached hydrogens (primary N) is 2. The predicted molar refractivity (Wildman–Crippen MR) is 68.7 cm³/mol. The average molecular weight is 249 g/mol. The first kappa shape index (κ1) is 14.7. The Kier molecular flexibility index (Phi) is 6.94. The molecule has 4 heteroatoms. The molecule has 0 amide bonds. The van der Waals surface area contributed by atoms with Crippen molar-refractivity contribution in [3.8, 4) is 0 Å². The first-order valence-electron chi connectivity index (χ1n) is 4.87. The van der Waals surface area contributed by atoms with Gasteiger partial charge in [0.2, 0.25) is 0 Å². The molecule has 0 unspecified atom stereocenters. The molecular weight excluding hydrogens is 231 g/mol. The Labute approximate surface area is 102 Å². The van der Waals surface area contributed by atoms with E-state index >= 15 is 0 Å². The normalized spacial score (nSPS) is 12.0. The van der Waals surface area contributed by atoms with Crippen LogP contribution in [0.15, 0.2) is 18.2 Å². The van der Waals surface area contributed by atoms with Crippen molar-refractivity contribution >= 4 is 24.0 Å². The maximum Gasteiger partial charge on any atom is 0.0408 e. The van der Waals surface area contributed by atoms with Crippen LogP contribution in [0.3, 0.4) is 0 Å². The molecule has 15 heavy (non-hydrogen) atoms. The lowest BCUT2D eigenvalue weighted by Gasteiger charge is -2.14. The quantitative estimate of drug-likeness (QED) is 0.862. The highest BCUT2D eigenvalue weighted by molar-refractivity contribution is 6.30. The number of hydrogen-bond acceptors (Lipinski definition) is 2. The largest absolute Gasteiger partial charge is 0.330 e. The van der Waals surface area contributed by atoms with Crippen molar-refractivity contribution in [2.45, 2.75) is 25.8 Å². The van der Waals surface area contributed by atoms with Crippen molar-refractivity contribution in [2.75, 3.05) is 6.54 Å². The lowest BCUT2D eigenvalue weighted by Crippen LogP contribution is -2.13. The van der Waals surface area contributed by atoms with Crippen molar-refractivity contribution in [2.24, 2.45) is 11.5 Å². The molecule has 0 spiro atoms. The summed E-state index contributed by atoms with van der Waals surface area (Å²) >= 11 is 5.87. The zero-order valence-electron chi connectivity index (χ0n) is 8.87. The van der Waals surface area contributed by atoms with Gasteiger partial charge in [0.05, 0.1) is 0 Å². The molecule has 0 aliphatic carbocycles. The fraction of sp³-hybridized carbons (Fsp3) is 0.455. The van der Waals surface area contributed by atoms with E-state index < -0.39 is 0 Å². The van der Waals surface area contributed by atoms with Crippen molar-refractivity contribution in [3.05, 3.63) is 34.3 Å². The van der Waals surface area contributed by atoms with Crippen LogP contribution in [-0.2, 0) is 0 Å². The predicted octanol–water partition coefficient (Wildman–Crippen LogP) is 2.81. The molecule has 0 aliphatic heterocycles. The maximum absolute atomic E-state index is 6.03. The van der Waals surface area contributed by atoms with Crippen LogP contribution in [0.1, 0.15) is 30.0 Å². The Morgan fingerprint density at radius 3 is 2.60 bits per heavy atom. The molecule has 1 rings (SSSR count). The summed E-state index contributed by atoms with van der Waals surface area (Å²) in [6, 6.07) is 5.90. The highest BCUT2D eigenvalue weighted by Crippen LogP contribution is 2.22. The zero-order valence-corrected chi connectivity index (χ0v) is 10.4. The Hall–Kier alpha value is -0.280. The van der Waals surface area contributed by atoms with Crippen LogP contribution in [0.5, 0.6) is 0 Å². The molecule has 0 aromatic heterocycles. The summed E-state index contributed by atoms with van der Waals surface area (Å²) in [5.41, 5.74) is 13.8. The van der Waals surface area contributed by atoms with Crippen molar-refractivity contribution in [1.29, 1.82) is 0 Å². The zero-order chi connectivity index (χ0) is 10.6. The minimum Gasteiger partial charge on any atom is -0.330 e. The first-order valence-corrected chi connectivity index (χ1v) is 5.24. The summed E-state index contributed by atoms with van der Waals surface area (Å²) < 4.78 is 0. The Bertz CT molecular complexity index is 303. The van der Waals surface area contributed by atoms with Gasteiger partial charge in [0, 0.05) is 11.1 Å². The van der Waals surface area contributed by atoms with Gasteiger partial charge >= 0.3 is 0 Å². The molecule has 0 bridgehead atoms. The molecule has 1 atom stereocenters. The van der Waals surface area contributed by atoms with Crippen LogP contribution in [0.2, 0.25) is 5.02 Å². The van der Waals surface area contributed by atoms with Gasteiger partial charge in [0.25, 0.3) is 0 Å². The van der Waals surface area contributed by atoms with Gasteiger partial charge < -0.3 is 11.5 Å². The van der Waals surface area contributed by atoms with Crippen LogP contribution in [0.4, 0.5) is 0 Å². The van der Waals surface area contributed by atoms with Gasteiger partial charge in [0.15, 0.2) is 0 Å². The fourth-order valence-electron chi connectivity index (χ4n) is 1.55. The lowest BCUT2D eigenvalue weighted by molar-refractivity contribution is 0.615. The molecule has 86 valence electrons.